The fraction of sp³-hybridized carbons (Fsp3) is 0.0385. The lowest BCUT2D eigenvalue weighted by Crippen LogP contribution is -2.22. The molecule has 1 aromatic heterocycles. The van der Waals surface area contributed by atoms with Crippen molar-refractivity contribution in [1.82, 2.24) is 4.98 Å². The van der Waals surface area contributed by atoms with Gasteiger partial charge in [0.25, 0.3) is 11.8 Å². The topological polar surface area (TPSA) is 80.3 Å². The summed E-state index contributed by atoms with van der Waals surface area (Å²) in [5.41, 5.74) is 1.30. The van der Waals surface area contributed by atoms with E-state index < -0.39 is 35.3 Å². The Morgan fingerprint density at radius 1 is 0.806 bits per heavy atom. The van der Waals surface area contributed by atoms with Crippen molar-refractivity contribution in [2.24, 2.45) is 0 Å². The molecule has 0 atom stereocenters. The summed E-state index contributed by atoms with van der Waals surface area (Å²) in [6, 6.07) is 20.5. The van der Waals surface area contributed by atoms with Crippen LogP contribution >= 0.6 is 0 Å². The van der Waals surface area contributed by atoms with Crippen molar-refractivity contribution in [2.75, 3.05) is 10.6 Å². The van der Waals surface area contributed by atoms with Crippen molar-refractivity contribution in [3.05, 3.63) is 108 Å². The van der Waals surface area contributed by atoms with Crippen LogP contribution in [-0.4, -0.2) is 23.2 Å². The highest BCUT2D eigenvalue weighted by Gasteiger charge is 2.33. The summed E-state index contributed by atoms with van der Waals surface area (Å²) in [5.74, 6) is -3.53. The SMILES string of the molecule is O=C(Nc1ccc(-c2ccccc2)cc1)c1ccc(OC(F)(F)F)c(C(=O)Nc2ccncc2F)c1. The summed E-state index contributed by atoms with van der Waals surface area (Å²) in [7, 11) is 0. The number of ether oxygens (including phenoxy) is 1. The number of pyridine rings is 1. The molecule has 36 heavy (non-hydrogen) atoms. The summed E-state index contributed by atoms with van der Waals surface area (Å²) >= 11 is 0. The molecule has 0 saturated carbocycles. The van der Waals surface area contributed by atoms with Crippen molar-refractivity contribution in [1.29, 1.82) is 0 Å². The van der Waals surface area contributed by atoms with Crippen molar-refractivity contribution < 1.29 is 31.9 Å². The van der Waals surface area contributed by atoms with Gasteiger partial charge in [-0.25, -0.2) is 4.39 Å². The molecule has 0 aliphatic rings. The Labute approximate surface area is 202 Å². The van der Waals surface area contributed by atoms with Crippen LogP contribution in [0.1, 0.15) is 20.7 Å². The van der Waals surface area contributed by atoms with Crippen molar-refractivity contribution in [2.45, 2.75) is 6.36 Å². The van der Waals surface area contributed by atoms with E-state index >= 15 is 0 Å². The van der Waals surface area contributed by atoms with Crippen molar-refractivity contribution >= 4 is 23.2 Å². The van der Waals surface area contributed by atoms with Crippen LogP contribution in [0.4, 0.5) is 28.9 Å². The first-order valence-corrected chi connectivity index (χ1v) is 10.5. The molecule has 2 N–H and O–H groups in total. The second kappa shape index (κ2) is 10.3. The molecule has 0 spiro atoms. The van der Waals surface area contributed by atoms with E-state index in [1.54, 1.807) is 24.3 Å². The second-order valence-corrected chi connectivity index (χ2v) is 7.47. The van der Waals surface area contributed by atoms with Crippen LogP contribution < -0.4 is 15.4 Å². The number of aromatic nitrogens is 1. The molecule has 4 rings (SSSR count). The summed E-state index contributed by atoms with van der Waals surface area (Å²) < 4.78 is 56.4. The van der Waals surface area contributed by atoms with Crippen molar-refractivity contribution in [3.63, 3.8) is 0 Å². The number of benzene rings is 3. The highest BCUT2D eigenvalue weighted by molar-refractivity contribution is 6.10. The minimum absolute atomic E-state index is 0.114. The molecule has 6 nitrogen and oxygen atoms in total. The molecule has 0 bridgehead atoms. The Kier molecular flexibility index (Phi) is 6.95. The lowest BCUT2D eigenvalue weighted by Gasteiger charge is -2.15. The first-order chi connectivity index (χ1) is 17.2. The molecule has 1 heterocycles. The third-order valence-electron chi connectivity index (χ3n) is 4.98. The number of halogens is 4. The Bertz CT molecular complexity index is 1390. The number of hydrogen-bond acceptors (Lipinski definition) is 4. The summed E-state index contributed by atoms with van der Waals surface area (Å²) in [4.78, 5) is 29.0. The predicted molar refractivity (Wildman–Crippen MR) is 125 cm³/mol. The maximum atomic E-state index is 13.9. The van der Waals surface area contributed by atoms with E-state index in [9.17, 15) is 27.2 Å². The largest absolute Gasteiger partial charge is 0.573 e. The fourth-order valence-corrected chi connectivity index (χ4v) is 3.31. The highest BCUT2D eigenvalue weighted by atomic mass is 19.4. The van der Waals surface area contributed by atoms with E-state index in [1.165, 1.54) is 6.20 Å². The van der Waals surface area contributed by atoms with E-state index in [4.69, 9.17) is 0 Å². The lowest BCUT2D eigenvalue weighted by atomic mass is 10.1. The molecule has 0 aliphatic heterocycles. The van der Waals surface area contributed by atoms with E-state index in [2.05, 4.69) is 20.4 Å². The average molecular weight is 495 g/mol. The Hall–Kier alpha value is -4.73. The van der Waals surface area contributed by atoms with Crippen LogP contribution in [0.25, 0.3) is 11.1 Å². The molecule has 2 amide bonds. The zero-order chi connectivity index (χ0) is 25.7. The lowest BCUT2D eigenvalue weighted by molar-refractivity contribution is -0.274. The minimum atomic E-state index is -5.10. The van der Waals surface area contributed by atoms with Gasteiger partial charge in [-0.15, -0.1) is 13.2 Å². The molecule has 0 fully saturated rings. The number of alkyl halides is 3. The molecule has 10 heteroatoms. The van der Waals surface area contributed by atoms with Crippen LogP contribution in [0.2, 0.25) is 0 Å². The van der Waals surface area contributed by atoms with Gasteiger partial charge in [0.05, 0.1) is 17.4 Å². The van der Waals surface area contributed by atoms with E-state index in [0.717, 1.165) is 41.6 Å². The van der Waals surface area contributed by atoms with Gasteiger partial charge in [-0.05, 0) is 47.5 Å². The first kappa shape index (κ1) is 24.4. The van der Waals surface area contributed by atoms with Gasteiger partial charge in [-0.2, -0.15) is 0 Å². The number of carbonyl (C=O) groups excluding carboxylic acids is 2. The minimum Gasteiger partial charge on any atom is -0.405 e. The van der Waals surface area contributed by atoms with Crippen molar-refractivity contribution in [3.8, 4) is 16.9 Å². The van der Waals surface area contributed by atoms with E-state index in [0.29, 0.717) is 5.69 Å². The van der Waals surface area contributed by atoms with Gasteiger partial charge in [-0.3, -0.25) is 14.6 Å². The Morgan fingerprint density at radius 2 is 1.50 bits per heavy atom. The van der Waals surface area contributed by atoms with Gasteiger partial charge < -0.3 is 15.4 Å². The van der Waals surface area contributed by atoms with E-state index in [1.807, 2.05) is 30.3 Å². The van der Waals surface area contributed by atoms with Crippen LogP contribution in [-0.2, 0) is 0 Å². The summed E-state index contributed by atoms with van der Waals surface area (Å²) in [5, 5.41) is 4.78. The molecule has 182 valence electrons. The zero-order valence-corrected chi connectivity index (χ0v) is 18.3. The van der Waals surface area contributed by atoms with Gasteiger partial charge in [0.1, 0.15) is 5.75 Å². The maximum absolute atomic E-state index is 13.9. The molecular formula is C26H17F4N3O3. The number of rotatable bonds is 6. The molecule has 0 radical (unpaired) electrons. The summed E-state index contributed by atoms with van der Waals surface area (Å²) in [6.45, 7) is 0. The molecule has 0 aliphatic carbocycles. The van der Waals surface area contributed by atoms with Gasteiger partial charge in [0.15, 0.2) is 5.82 Å². The third-order valence-corrected chi connectivity index (χ3v) is 4.98. The number of hydrogen-bond donors (Lipinski definition) is 2. The van der Waals surface area contributed by atoms with Gasteiger partial charge in [0.2, 0.25) is 0 Å². The number of nitrogens with zero attached hydrogens (tertiary/aromatic N) is 1. The normalized spacial score (nSPS) is 11.0. The molecule has 3 aromatic carbocycles. The number of anilines is 2. The monoisotopic (exact) mass is 495 g/mol. The molecule has 4 aromatic rings. The Balaban J connectivity index is 1.57. The quantitative estimate of drug-likeness (QED) is 0.308. The van der Waals surface area contributed by atoms with Gasteiger partial charge in [-0.1, -0.05) is 42.5 Å². The third kappa shape index (κ3) is 6.03. The molecular weight excluding hydrogens is 478 g/mol. The molecule has 0 unspecified atom stereocenters. The average Bonchev–Trinajstić information content (AvgIpc) is 2.85. The maximum Gasteiger partial charge on any atom is 0.573 e. The second-order valence-electron chi connectivity index (χ2n) is 7.47. The van der Waals surface area contributed by atoms with Crippen LogP contribution in [0.5, 0.6) is 5.75 Å². The predicted octanol–water partition coefficient (Wildman–Crippen LogP) is 6.29. The number of nitrogens with one attached hydrogen (secondary N) is 2. The van der Waals surface area contributed by atoms with Crippen LogP contribution in [0, 0.1) is 5.82 Å². The number of amides is 2. The smallest absolute Gasteiger partial charge is 0.405 e. The van der Waals surface area contributed by atoms with Crippen LogP contribution in [0.3, 0.4) is 0 Å². The Morgan fingerprint density at radius 3 is 2.17 bits per heavy atom. The number of carbonyl (C=O) groups is 2. The van der Waals surface area contributed by atoms with Crippen LogP contribution in [0.15, 0.2) is 91.3 Å². The fourth-order valence-electron chi connectivity index (χ4n) is 3.31. The first-order valence-electron chi connectivity index (χ1n) is 10.5. The van der Waals surface area contributed by atoms with Gasteiger partial charge in [0, 0.05) is 17.4 Å². The standard InChI is InChI=1S/C26H17F4N3O3/c27-21-15-31-13-12-22(21)33-25(35)20-14-18(8-11-23(20)36-26(28,29)30)24(34)32-19-9-6-17(7-10-19)16-4-2-1-3-5-16/h1-15H,(H,32,34)(H,31,33,35). The summed E-state index contributed by atoms with van der Waals surface area (Å²) in [6.07, 6.45) is -3.07. The van der Waals surface area contributed by atoms with E-state index in [-0.39, 0.29) is 11.3 Å². The highest BCUT2D eigenvalue weighted by Crippen LogP contribution is 2.29. The van der Waals surface area contributed by atoms with Gasteiger partial charge >= 0.3 is 6.36 Å². The zero-order valence-electron chi connectivity index (χ0n) is 18.3. The molecule has 0 saturated heterocycles.